The second-order valence-corrected chi connectivity index (χ2v) is 4.14. The Morgan fingerprint density at radius 3 is 2.77 bits per heavy atom. The van der Waals surface area contributed by atoms with Gasteiger partial charge in [-0.3, -0.25) is 0 Å². The highest BCUT2D eigenvalue weighted by Gasteiger charge is 2.09. The van der Waals surface area contributed by atoms with Crippen LogP contribution in [0.1, 0.15) is 18.0 Å². The van der Waals surface area contributed by atoms with Gasteiger partial charge in [-0.2, -0.15) is 0 Å². The van der Waals surface area contributed by atoms with Crippen LogP contribution in [-0.4, -0.2) is 6.54 Å². The van der Waals surface area contributed by atoms with Crippen LogP contribution in [0.5, 0.6) is 0 Å². The minimum absolute atomic E-state index is 0.0434. The van der Waals surface area contributed by atoms with E-state index in [9.17, 15) is 0 Å². The molecular weight excluding hydrogens is 251 g/mol. The van der Waals surface area contributed by atoms with Gasteiger partial charge in [0.15, 0.2) is 0 Å². The second-order valence-electron chi connectivity index (χ2n) is 2.85. The zero-order chi connectivity index (χ0) is 9.84. The van der Waals surface area contributed by atoms with Crippen LogP contribution in [0.2, 0.25) is 5.02 Å². The Hall–Kier alpha value is -0.0900. The normalized spacial score (nSPS) is 12.9. The number of nitrogens with two attached hydrogens (primary N) is 2. The van der Waals surface area contributed by atoms with Gasteiger partial charge in [-0.05, 0) is 36.7 Å². The van der Waals surface area contributed by atoms with Gasteiger partial charge in [-0.1, -0.05) is 27.5 Å². The molecule has 1 atom stereocenters. The van der Waals surface area contributed by atoms with Gasteiger partial charge in [-0.15, -0.1) is 0 Å². The molecule has 0 bridgehead atoms. The van der Waals surface area contributed by atoms with Crippen LogP contribution in [-0.2, 0) is 0 Å². The molecule has 0 aliphatic heterocycles. The first-order valence-corrected chi connectivity index (χ1v) is 5.23. The van der Waals surface area contributed by atoms with Crippen molar-refractivity contribution in [2.24, 2.45) is 11.5 Å². The monoisotopic (exact) mass is 262 g/mol. The molecule has 0 amide bonds. The van der Waals surface area contributed by atoms with E-state index in [1.807, 2.05) is 18.2 Å². The average Bonchev–Trinajstić information content (AvgIpc) is 2.09. The average molecular weight is 264 g/mol. The largest absolute Gasteiger partial charge is 0.330 e. The molecule has 0 aromatic heterocycles. The molecule has 4 N–H and O–H groups in total. The molecule has 72 valence electrons. The van der Waals surface area contributed by atoms with Crippen molar-refractivity contribution in [2.75, 3.05) is 6.54 Å². The number of hydrogen-bond acceptors (Lipinski definition) is 2. The highest BCUT2D eigenvalue weighted by atomic mass is 79.9. The van der Waals surface area contributed by atoms with Gasteiger partial charge in [-0.25, -0.2) is 0 Å². The molecule has 0 fully saturated rings. The third-order valence-corrected chi connectivity index (χ3v) is 2.79. The molecular formula is C9H12BrClN2. The van der Waals surface area contributed by atoms with Crippen LogP contribution in [0, 0.1) is 0 Å². The van der Waals surface area contributed by atoms with Crippen LogP contribution < -0.4 is 11.5 Å². The summed E-state index contributed by atoms with van der Waals surface area (Å²) in [4.78, 5) is 0. The van der Waals surface area contributed by atoms with E-state index in [1.54, 1.807) is 0 Å². The third kappa shape index (κ3) is 2.95. The van der Waals surface area contributed by atoms with Gasteiger partial charge < -0.3 is 11.5 Å². The molecule has 0 heterocycles. The van der Waals surface area contributed by atoms with Gasteiger partial charge in [0.05, 0.1) is 0 Å². The lowest BCUT2D eigenvalue weighted by Gasteiger charge is -2.12. The molecule has 0 aliphatic rings. The Morgan fingerprint density at radius 1 is 1.46 bits per heavy atom. The van der Waals surface area contributed by atoms with Gasteiger partial charge in [0.2, 0.25) is 0 Å². The maximum atomic E-state index is 5.91. The summed E-state index contributed by atoms with van der Waals surface area (Å²) in [5, 5.41) is 0.700. The maximum Gasteiger partial charge on any atom is 0.0410 e. The fourth-order valence-electron chi connectivity index (χ4n) is 1.13. The van der Waals surface area contributed by atoms with Gasteiger partial charge in [0.1, 0.15) is 0 Å². The topological polar surface area (TPSA) is 52.0 Å². The van der Waals surface area contributed by atoms with Gasteiger partial charge in [0.25, 0.3) is 0 Å². The predicted octanol–water partition coefficient (Wildman–Crippen LogP) is 2.45. The van der Waals surface area contributed by atoms with Crippen molar-refractivity contribution in [3.63, 3.8) is 0 Å². The van der Waals surface area contributed by atoms with Gasteiger partial charge >= 0.3 is 0 Å². The molecule has 1 rings (SSSR count). The SMILES string of the molecule is NCC[C@@H](N)c1cc(Cl)ccc1Br. The minimum Gasteiger partial charge on any atom is -0.330 e. The Balaban J connectivity index is 2.91. The Bertz CT molecular complexity index is 291. The Morgan fingerprint density at radius 2 is 2.15 bits per heavy atom. The molecule has 0 saturated carbocycles. The van der Waals surface area contributed by atoms with E-state index in [-0.39, 0.29) is 6.04 Å². The van der Waals surface area contributed by atoms with Crippen molar-refractivity contribution in [2.45, 2.75) is 12.5 Å². The molecule has 0 radical (unpaired) electrons. The van der Waals surface area contributed by atoms with Crippen molar-refractivity contribution in [1.29, 1.82) is 0 Å². The van der Waals surface area contributed by atoms with E-state index in [4.69, 9.17) is 23.1 Å². The third-order valence-electron chi connectivity index (χ3n) is 1.84. The van der Waals surface area contributed by atoms with Crippen molar-refractivity contribution >= 4 is 27.5 Å². The van der Waals surface area contributed by atoms with E-state index < -0.39 is 0 Å². The lowest BCUT2D eigenvalue weighted by Crippen LogP contribution is -2.15. The van der Waals surface area contributed by atoms with E-state index in [1.165, 1.54) is 0 Å². The summed E-state index contributed by atoms with van der Waals surface area (Å²) in [6.07, 6.45) is 0.763. The molecule has 13 heavy (non-hydrogen) atoms. The first kappa shape index (κ1) is 11.0. The summed E-state index contributed by atoms with van der Waals surface area (Å²) in [6.45, 7) is 0.583. The lowest BCUT2D eigenvalue weighted by molar-refractivity contribution is 0.659. The van der Waals surface area contributed by atoms with Crippen LogP contribution in [0.15, 0.2) is 22.7 Å². The molecule has 0 unspecified atom stereocenters. The Kier molecular flexibility index (Phi) is 4.19. The van der Waals surface area contributed by atoms with Crippen molar-refractivity contribution < 1.29 is 0 Å². The molecule has 0 saturated heterocycles. The number of halogens is 2. The Labute approximate surface area is 91.4 Å². The smallest absolute Gasteiger partial charge is 0.0410 e. The predicted molar refractivity (Wildman–Crippen MR) is 59.8 cm³/mol. The number of hydrogen-bond donors (Lipinski definition) is 2. The molecule has 0 spiro atoms. The highest BCUT2D eigenvalue weighted by Crippen LogP contribution is 2.26. The highest BCUT2D eigenvalue weighted by molar-refractivity contribution is 9.10. The number of rotatable bonds is 3. The summed E-state index contributed by atoms with van der Waals surface area (Å²) in [6, 6.07) is 5.54. The van der Waals surface area contributed by atoms with Gasteiger partial charge in [0, 0.05) is 15.5 Å². The first-order chi connectivity index (χ1) is 6.15. The molecule has 1 aromatic carbocycles. The van der Waals surface area contributed by atoms with E-state index in [0.717, 1.165) is 16.5 Å². The quantitative estimate of drug-likeness (QED) is 0.880. The number of benzene rings is 1. The van der Waals surface area contributed by atoms with Crippen LogP contribution >= 0.6 is 27.5 Å². The van der Waals surface area contributed by atoms with E-state index in [0.29, 0.717) is 11.6 Å². The zero-order valence-electron chi connectivity index (χ0n) is 7.13. The van der Waals surface area contributed by atoms with Crippen molar-refractivity contribution in [3.8, 4) is 0 Å². The summed E-state index contributed by atoms with van der Waals surface area (Å²) in [7, 11) is 0. The lowest BCUT2D eigenvalue weighted by atomic mass is 10.1. The van der Waals surface area contributed by atoms with Crippen LogP contribution in [0.25, 0.3) is 0 Å². The maximum absolute atomic E-state index is 5.91. The van der Waals surface area contributed by atoms with E-state index >= 15 is 0 Å². The zero-order valence-corrected chi connectivity index (χ0v) is 9.48. The summed E-state index contributed by atoms with van der Waals surface area (Å²) >= 11 is 9.27. The fourth-order valence-corrected chi connectivity index (χ4v) is 1.86. The molecule has 1 aromatic rings. The summed E-state index contributed by atoms with van der Waals surface area (Å²) in [5.41, 5.74) is 12.3. The van der Waals surface area contributed by atoms with Crippen molar-refractivity contribution in [3.05, 3.63) is 33.3 Å². The van der Waals surface area contributed by atoms with Crippen LogP contribution in [0.4, 0.5) is 0 Å². The van der Waals surface area contributed by atoms with Crippen LogP contribution in [0.3, 0.4) is 0 Å². The molecule has 4 heteroatoms. The minimum atomic E-state index is -0.0434. The molecule has 0 aliphatic carbocycles. The summed E-state index contributed by atoms with van der Waals surface area (Å²) < 4.78 is 0.984. The fraction of sp³-hybridized carbons (Fsp3) is 0.333. The second kappa shape index (κ2) is 4.96. The van der Waals surface area contributed by atoms with Crippen molar-refractivity contribution in [1.82, 2.24) is 0 Å². The summed E-state index contributed by atoms with van der Waals surface area (Å²) in [5.74, 6) is 0. The first-order valence-electron chi connectivity index (χ1n) is 4.05. The molecule has 2 nitrogen and oxygen atoms in total. The standard InChI is InChI=1S/C9H12BrClN2/c10-8-2-1-6(11)5-7(8)9(13)3-4-12/h1-2,5,9H,3-4,12-13H2/t9-/m1/s1. The van der Waals surface area contributed by atoms with E-state index in [2.05, 4.69) is 15.9 Å².